The molecule has 2 fully saturated rings. The van der Waals surface area contributed by atoms with Gasteiger partial charge in [0.25, 0.3) is 5.91 Å². The second-order valence-corrected chi connectivity index (χ2v) is 8.13. The van der Waals surface area contributed by atoms with Gasteiger partial charge in [-0.25, -0.2) is 4.79 Å². The van der Waals surface area contributed by atoms with Gasteiger partial charge < -0.3 is 15.2 Å². The molecule has 0 bridgehead atoms. The molecule has 0 aliphatic carbocycles. The predicted octanol–water partition coefficient (Wildman–Crippen LogP) is 0.892. The first-order valence-corrected chi connectivity index (χ1v) is 7.08. The van der Waals surface area contributed by atoms with Crippen molar-refractivity contribution in [3.63, 3.8) is 0 Å². The summed E-state index contributed by atoms with van der Waals surface area (Å²) in [6.45, 7) is 9.03. The molecular weight excluding hydrogens is 268 g/mol. The molecule has 0 aromatic heterocycles. The van der Waals surface area contributed by atoms with Crippen molar-refractivity contribution in [2.45, 2.75) is 62.6 Å². The van der Waals surface area contributed by atoms with Crippen molar-refractivity contribution in [1.29, 1.82) is 0 Å². The minimum Gasteiger partial charge on any atom is -0.444 e. The fraction of sp³-hybridized carbons (Fsp3) is 0.833. The lowest BCUT2D eigenvalue weighted by Crippen LogP contribution is -2.69. The van der Waals surface area contributed by atoms with Crippen molar-refractivity contribution in [3.8, 4) is 0 Å². The molecule has 2 saturated heterocycles. The number of hydrogen-bond acceptors (Lipinski definition) is 5. The summed E-state index contributed by atoms with van der Waals surface area (Å²) < 4.78 is 4.70. The van der Waals surface area contributed by atoms with E-state index < -0.39 is 28.7 Å². The van der Waals surface area contributed by atoms with Gasteiger partial charge in [-0.2, -0.15) is 0 Å². The monoisotopic (exact) mass is 288 g/mol. The average molecular weight is 288 g/mol. The highest BCUT2D eigenvalue weighted by molar-refractivity contribution is 8.01. The first-order chi connectivity index (χ1) is 8.53. The van der Waals surface area contributed by atoms with E-state index in [0.29, 0.717) is 0 Å². The van der Waals surface area contributed by atoms with E-state index in [1.807, 2.05) is 13.8 Å². The minimum absolute atomic E-state index is 0.218. The highest BCUT2D eigenvalue weighted by Crippen LogP contribution is 2.49. The average Bonchev–Trinajstić information content (AvgIpc) is 2.42. The first-order valence-electron chi connectivity index (χ1n) is 6.20. The number of hydrogen-bond donors (Lipinski definition) is 2. The molecule has 7 heteroatoms. The number of thioether (sulfide) groups is 1. The van der Waals surface area contributed by atoms with E-state index in [1.165, 1.54) is 16.7 Å². The standard InChI is InChI=1S/C12H20N2O4S/c1-11(2,3)18-10(17)13-6-7(15)14-8(6)19-12(4,5)9(14)16/h6,8-9,16H,1-5H3,(H,13,17)/t6?,8-,9?/m1/s1. The van der Waals surface area contributed by atoms with Crippen LogP contribution in [-0.2, 0) is 9.53 Å². The molecule has 6 nitrogen and oxygen atoms in total. The van der Waals surface area contributed by atoms with Gasteiger partial charge in [0.05, 0.1) is 4.75 Å². The van der Waals surface area contributed by atoms with Crippen LogP contribution in [0.25, 0.3) is 0 Å². The maximum absolute atomic E-state index is 11.9. The van der Waals surface area contributed by atoms with Gasteiger partial charge in [0.1, 0.15) is 23.2 Å². The largest absolute Gasteiger partial charge is 0.444 e. The Bertz CT molecular complexity index is 418. The second kappa shape index (κ2) is 4.28. The molecule has 0 spiro atoms. The number of aliphatic hydroxyl groups excluding tert-OH is 1. The Morgan fingerprint density at radius 1 is 1.47 bits per heavy atom. The van der Waals surface area contributed by atoms with Gasteiger partial charge in [-0.15, -0.1) is 11.8 Å². The van der Waals surface area contributed by atoms with Crippen LogP contribution in [0.2, 0.25) is 0 Å². The van der Waals surface area contributed by atoms with Gasteiger partial charge in [-0.05, 0) is 34.6 Å². The van der Waals surface area contributed by atoms with Crippen molar-refractivity contribution < 1.29 is 19.4 Å². The zero-order chi connectivity index (χ0) is 14.6. The van der Waals surface area contributed by atoms with Gasteiger partial charge in [-0.3, -0.25) is 9.69 Å². The SMILES string of the molecule is CC(C)(C)OC(=O)NC1C(=O)N2C(O)C(C)(C)S[C@H]12. The highest BCUT2D eigenvalue weighted by Gasteiger charge is 2.61. The number of nitrogens with zero attached hydrogens (tertiary/aromatic N) is 1. The molecule has 2 N–H and O–H groups in total. The van der Waals surface area contributed by atoms with E-state index in [1.54, 1.807) is 20.8 Å². The first kappa shape index (κ1) is 14.5. The summed E-state index contributed by atoms with van der Waals surface area (Å²) in [5.74, 6) is -0.263. The summed E-state index contributed by atoms with van der Waals surface area (Å²) in [4.78, 5) is 25.0. The zero-order valence-corrected chi connectivity index (χ0v) is 12.6. The Morgan fingerprint density at radius 2 is 2.05 bits per heavy atom. The van der Waals surface area contributed by atoms with Gasteiger partial charge in [0, 0.05) is 0 Å². The lowest BCUT2D eigenvalue weighted by molar-refractivity contribution is -0.160. The van der Waals surface area contributed by atoms with Crippen molar-refractivity contribution >= 4 is 23.8 Å². The lowest BCUT2D eigenvalue weighted by Gasteiger charge is -2.43. The molecule has 108 valence electrons. The van der Waals surface area contributed by atoms with Crippen molar-refractivity contribution in [2.75, 3.05) is 0 Å². The molecule has 2 amide bonds. The van der Waals surface area contributed by atoms with Crippen molar-refractivity contribution in [1.82, 2.24) is 10.2 Å². The number of ether oxygens (including phenoxy) is 1. The Balaban J connectivity index is 1.98. The van der Waals surface area contributed by atoms with Crippen LogP contribution in [0.5, 0.6) is 0 Å². The maximum Gasteiger partial charge on any atom is 0.408 e. The number of fused-ring (bicyclic) bond motifs is 1. The number of rotatable bonds is 1. The van der Waals surface area contributed by atoms with E-state index >= 15 is 0 Å². The number of aliphatic hydroxyl groups is 1. The summed E-state index contributed by atoms with van der Waals surface area (Å²) in [5, 5.41) is 12.3. The Labute approximate surface area is 116 Å². The third kappa shape index (κ3) is 2.53. The molecule has 2 rings (SSSR count). The van der Waals surface area contributed by atoms with Crippen molar-refractivity contribution in [2.24, 2.45) is 0 Å². The summed E-state index contributed by atoms with van der Waals surface area (Å²) in [5.41, 5.74) is -0.599. The van der Waals surface area contributed by atoms with Crippen LogP contribution in [0, 0.1) is 0 Å². The van der Waals surface area contributed by atoms with Crippen LogP contribution < -0.4 is 5.32 Å². The second-order valence-electron chi connectivity index (χ2n) is 6.35. The lowest BCUT2D eigenvalue weighted by atomic mass is 10.0. The summed E-state index contributed by atoms with van der Waals surface area (Å²) in [6.07, 6.45) is -1.42. The Kier molecular flexibility index (Phi) is 3.25. The van der Waals surface area contributed by atoms with Crippen LogP contribution in [0.15, 0.2) is 0 Å². The molecule has 3 atom stereocenters. The molecule has 19 heavy (non-hydrogen) atoms. The summed E-state index contributed by atoms with van der Waals surface area (Å²) in [6, 6.07) is -0.615. The van der Waals surface area contributed by atoms with Crippen LogP contribution in [0.3, 0.4) is 0 Å². The van der Waals surface area contributed by atoms with E-state index in [4.69, 9.17) is 4.74 Å². The van der Waals surface area contributed by atoms with Gasteiger partial charge in [-0.1, -0.05) is 0 Å². The summed E-state index contributed by atoms with van der Waals surface area (Å²) >= 11 is 1.48. The smallest absolute Gasteiger partial charge is 0.408 e. The summed E-state index contributed by atoms with van der Waals surface area (Å²) in [7, 11) is 0. The van der Waals surface area contributed by atoms with Crippen LogP contribution in [-0.4, -0.2) is 50.0 Å². The molecule has 0 radical (unpaired) electrons. The molecule has 0 aromatic carbocycles. The van der Waals surface area contributed by atoms with Gasteiger partial charge in [0.2, 0.25) is 0 Å². The van der Waals surface area contributed by atoms with E-state index in [0.717, 1.165) is 0 Å². The quantitative estimate of drug-likeness (QED) is 0.701. The number of carbonyl (C=O) groups excluding carboxylic acids is 2. The van der Waals surface area contributed by atoms with Gasteiger partial charge >= 0.3 is 6.09 Å². The molecule has 2 aliphatic rings. The molecular formula is C12H20N2O4S. The highest BCUT2D eigenvalue weighted by atomic mass is 32.2. The number of alkyl carbamates (subject to hydrolysis) is 1. The molecule has 2 unspecified atom stereocenters. The topological polar surface area (TPSA) is 78.9 Å². The van der Waals surface area contributed by atoms with Crippen LogP contribution >= 0.6 is 11.8 Å². The van der Waals surface area contributed by atoms with E-state index in [-0.39, 0.29) is 11.3 Å². The van der Waals surface area contributed by atoms with Crippen molar-refractivity contribution in [3.05, 3.63) is 0 Å². The van der Waals surface area contributed by atoms with Gasteiger partial charge in [0.15, 0.2) is 0 Å². The number of β-lactam (4-membered cyclic amide) rings is 1. The molecule has 2 heterocycles. The molecule has 0 saturated carbocycles. The van der Waals surface area contributed by atoms with E-state index in [2.05, 4.69) is 5.32 Å². The fourth-order valence-electron chi connectivity index (χ4n) is 2.15. The number of nitrogens with one attached hydrogen (secondary N) is 1. The van der Waals surface area contributed by atoms with Crippen LogP contribution in [0.4, 0.5) is 4.79 Å². The maximum atomic E-state index is 11.9. The fourth-order valence-corrected chi connectivity index (χ4v) is 3.66. The number of amides is 2. The third-order valence-electron chi connectivity index (χ3n) is 3.06. The Hall–Kier alpha value is -0.950. The normalized spacial score (nSPS) is 32.6. The Morgan fingerprint density at radius 3 is 2.58 bits per heavy atom. The third-order valence-corrected chi connectivity index (χ3v) is 4.62. The minimum atomic E-state index is -0.813. The number of carbonyl (C=O) groups is 2. The predicted molar refractivity (Wildman–Crippen MR) is 71.5 cm³/mol. The van der Waals surface area contributed by atoms with E-state index in [9.17, 15) is 14.7 Å². The van der Waals surface area contributed by atoms with Crippen LogP contribution in [0.1, 0.15) is 34.6 Å². The molecule has 0 aromatic rings. The zero-order valence-electron chi connectivity index (χ0n) is 11.8. The molecule has 2 aliphatic heterocycles.